The molecule has 0 unspecified atom stereocenters. The van der Waals surface area contributed by atoms with Crippen LogP contribution in [0.25, 0.3) is 10.9 Å². The summed E-state index contributed by atoms with van der Waals surface area (Å²) in [5.74, 6) is -16.2. The van der Waals surface area contributed by atoms with Crippen molar-refractivity contribution in [3.05, 3.63) is 71.9 Å². The van der Waals surface area contributed by atoms with E-state index in [-0.39, 0.29) is 51.7 Å². The summed E-state index contributed by atoms with van der Waals surface area (Å²) >= 11 is 0. The molecule has 36 nitrogen and oxygen atoms in total. The highest BCUT2D eigenvalue weighted by molar-refractivity contribution is 6.00. The maximum atomic E-state index is 14.5. The summed E-state index contributed by atoms with van der Waals surface area (Å²) in [4.78, 5) is 205. The Morgan fingerprint density at radius 1 is 0.437 bits per heavy atom. The fourth-order valence-electron chi connectivity index (χ4n) is 10.3. The Balaban J connectivity index is 1.85. The number of aliphatic carboxylic acids is 2. The molecule has 3 aromatic rings. The van der Waals surface area contributed by atoms with Crippen molar-refractivity contribution in [3.63, 3.8) is 0 Å². The van der Waals surface area contributed by atoms with E-state index in [0.717, 1.165) is 0 Å². The largest absolute Gasteiger partial charge is 0.481 e. The number of nitrogens with two attached hydrogens (primary N) is 4. The quantitative estimate of drug-likeness (QED) is 0.0251. The number of aromatic nitrogens is 1. The van der Waals surface area contributed by atoms with Crippen LogP contribution in [0.15, 0.2) is 60.8 Å². The number of rotatable bonds is 45. The van der Waals surface area contributed by atoms with E-state index < -0.39 is 211 Å². The first-order chi connectivity index (χ1) is 48.6. The minimum Gasteiger partial charge on any atom is -0.481 e. The first kappa shape index (κ1) is 87.0. The zero-order chi connectivity index (χ0) is 77.4. The Morgan fingerprint density at radius 2 is 0.854 bits per heavy atom. The molecule has 36 heteroatoms. The number of aliphatic hydroxyl groups is 1. The molecule has 0 aliphatic heterocycles. The van der Waals surface area contributed by atoms with Gasteiger partial charge >= 0.3 is 11.9 Å². The van der Waals surface area contributed by atoms with Gasteiger partial charge in [0.05, 0.1) is 19.2 Å². The maximum absolute atomic E-state index is 14.5. The van der Waals surface area contributed by atoms with Crippen LogP contribution in [0.1, 0.15) is 112 Å². The van der Waals surface area contributed by atoms with E-state index in [1.807, 2.05) is 0 Å². The molecule has 0 bridgehead atoms. The van der Waals surface area contributed by atoms with Crippen LogP contribution < -0.4 is 92.1 Å². The Morgan fingerprint density at radius 3 is 1.36 bits per heavy atom. The van der Waals surface area contributed by atoms with Crippen LogP contribution in [0.5, 0.6) is 0 Å². The van der Waals surface area contributed by atoms with E-state index in [2.05, 4.69) is 74.1 Å². The zero-order valence-corrected chi connectivity index (χ0v) is 59.5. The molecule has 3 rings (SSSR count). The first-order valence-electron chi connectivity index (χ1n) is 34.0. The molecule has 1 aromatic heterocycles. The van der Waals surface area contributed by atoms with Crippen molar-refractivity contribution in [1.82, 2.24) is 74.1 Å². The lowest BCUT2D eigenvalue weighted by Crippen LogP contribution is -2.62. The van der Waals surface area contributed by atoms with Crippen LogP contribution >= 0.6 is 0 Å². The predicted molar refractivity (Wildman–Crippen MR) is 375 cm³/mol. The van der Waals surface area contributed by atoms with Gasteiger partial charge in [-0.25, -0.2) is 0 Å². The second kappa shape index (κ2) is 43.6. The molecule has 103 heavy (non-hydrogen) atoms. The SMILES string of the molecule is CC[C@H](C)[C@@H](NC(=O)[C@@H](NC(=O)[C@H](CCC(=O)O)NC(=O)[C@H](Cc1ccccc1)NC(=O)[C@@H](CCN)NC(=O)[C@H](CCN)NC(=O)[C@H](CO)NC(=O)[C@@H](Cc1c[nH]c2ccccc12)NC(=O)[C@@H](C)NC(=O)CNC(=O)[C@@H](CCN)NC(=O)[C@H](NC(=O)[C@H](C)N)C(C)C)C(C)C)C(=O)N[C@@H](C)C(=O)O. The minimum absolute atomic E-state index is 0.0651. The smallest absolute Gasteiger partial charge is 0.325 e. The summed E-state index contributed by atoms with van der Waals surface area (Å²) in [6.45, 7) is 11.4. The molecular formula is C67H104N18O18. The molecule has 0 spiro atoms. The number of carbonyl (C=O) groups is 15. The molecule has 0 aliphatic rings. The topological polar surface area (TPSA) is 593 Å². The number of aliphatic hydroxyl groups excluding tert-OH is 1. The Bertz CT molecular complexity index is 3410. The second-order valence-electron chi connectivity index (χ2n) is 25.7. The Labute approximate surface area is 596 Å². The summed E-state index contributed by atoms with van der Waals surface area (Å²) in [5.41, 5.74) is 24.9. The highest BCUT2D eigenvalue weighted by Gasteiger charge is 2.38. The summed E-state index contributed by atoms with van der Waals surface area (Å²) < 4.78 is 0. The predicted octanol–water partition coefficient (Wildman–Crippen LogP) is -5.38. The van der Waals surface area contributed by atoms with E-state index in [4.69, 9.17) is 22.9 Å². The van der Waals surface area contributed by atoms with E-state index in [0.29, 0.717) is 28.5 Å². The van der Waals surface area contributed by atoms with Gasteiger partial charge in [0.25, 0.3) is 0 Å². The van der Waals surface area contributed by atoms with Crippen molar-refractivity contribution in [1.29, 1.82) is 0 Å². The van der Waals surface area contributed by atoms with Gasteiger partial charge in [0.2, 0.25) is 76.8 Å². The number of nitrogens with one attached hydrogen (secondary N) is 14. The van der Waals surface area contributed by atoms with Crippen LogP contribution in [-0.2, 0) is 84.8 Å². The number of fused-ring (bicyclic) bond motifs is 1. The molecule has 570 valence electrons. The van der Waals surface area contributed by atoms with E-state index in [1.165, 1.54) is 20.8 Å². The van der Waals surface area contributed by atoms with Crippen LogP contribution in [0.3, 0.4) is 0 Å². The summed E-state index contributed by atoms with van der Waals surface area (Å²) in [6, 6.07) is -3.20. The third kappa shape index (κ3) is 28.6. The number of hydrogen-bond acceptors (Lipinski definition) is 20. The lowest BCUT2D eigenvalue weighted by Gasteiger charge is -2.30. The van der Waals surface area contributed by atoms with Gasteiger partial charge in [-0.15, -0.1) is 0 Å². The lowest BCUT2D eigenvalue weighted by molar-refractivity contribution is -0.142. The van der Waals surface area contributed by atoms with E-state index in [1.54, 1.807) is 102 Å². The van der Waals surface area contributed by atoms with Crippen molar-refractivity contribution >= 4 is 99.6 Å². The summed E-state index contributed by atoms with van der Waals surface area (Å²) in [7, 11) is 0. The number of carboxylic acid groups (broad SMARTS) is 2. The number of carboxylic acids is 2. The van der Waals surface area contributed by atoms with Gasteiger partial charge in [-0.2, -0.15) is 0 Å². The number of para-hydroxylation sites is 1. The minimum atomic E-state index is -1.83. The maximum Gasteiger partial charge on any atom is 0.325 e. The van der Waals surface area contributed by atoms with Crippen molar-refractivity contribution in [2.75, 3.05) is 32.8 Å². The summed E-state index contributed by atoms with van der Waals surface area (Å²) in [5, 5.41) is 62.6. The number of aromatic amines is 1. The normalized spacial score (nSPS) is 15.3. The first-order valence-corrected chi connectivity index (χ1v) is 34.0. The van der Waals surface area contributed by atoms with Gasteiger partial charge in [-0.3, -0.25) is 71.9 Å². The van der Waals surface area contributed by atoms with Crippen LogP contribution in [-0.4, -0.2) is 220 Å². The number of hydrogen-bond donors (Lipinski definition) is 21. The highest BCUT2D eigenvalue weighted by atomic mass is 16.4. The van der Waals surface area contributed by atoms with Crippen molar-refractivity contribution < 1.29 is 87.2 Å². The monoisotopic (exact) mass is 1450 g/mol. The fourth-order valence-corrected chi connectivity index (χ4v) is 10.3. The van der Waals surface area contributed by atoms with Crippen molar-refractivity contribution in [3.8, 4) is 0 Å². The number of amides is 13. The number of carbonyl (C=O) groups excluding carboxylic acids is 13. The molecule has 13 amide bonds. The van der Waals surface area contributed by atoms with Crippen LogP contribution in [0, 0.1) is 17.8 Å². The van der Waals surface area contributed by atoms with Gasteiger partial charge < -0.3 is 112 Å². The van der Waals surface area contributed by atoms with Crippen LogP contribution in [0.4, 0.5) is 0 Å². The zero-order valence-electron chi connectivity index (χ0n) is 59.5. The molecule has 0 aliphatic carbocycles. The molecule has 0 radical (unpaired) electrons. The third-order valence-corrected chi connectivity index (χ3v) is 16.6. The summed E-state index contributed by atoms with van der Waals surface area (Å²) in [6.07, 6.45) is -0.406. The molecule has 0 fully saturated rings. The molecule has 0 saturated carbocycles. The van der Waals surface area contributed by atoms with E-state index >= 15 is 0 Å². The van der Waals surface area contributed by atoms with Gasteiger partial charge in [-0.05, 0) is 101 Å². The molecular weight excluding hydrogens is 1340 g/mol. The van der Waals surface area contributed by atoms with Crippen LogP contribution in [0.2, 0.25) is 0 Å². The second-order valence-corrected chi connectivity index (χ2v) is 25.7. The van der Waals surface area contributed by atoms with E-state index in [9.17, 15) is 87.2 Å². The van der Waals surface area contributed by atoms with Gasteiger partial charge in [0.15, 0.2) is 0 Å². The highest BCUT2D eigenvalue weighted by Crippen LogP contribution is 2.20. The standard InChI is InChI=1S/C67H104N18O18/c1-10-35(6)54(66(101)75-38(9)67(102)103)85-65(100)53(34(4)5)84-60(95)43(20-21-51(88)89)76-61(96)47(28-39-16-12-11-13-17-39)81-59(94)46(24-27-70)77-58(93)45(23-26-69)78-63(98)49(32-86)82-62(97)48(29-40-30-72-42-19-15-14-18-41(40)42)80-56(91)37(8)74-50(87)31-73-57(92)44(22-25-68)79-64(99)52(33(2)3)83-55(90)36(7)71/h11-19,30,33-38,43-49,52-54,72,86H,10,20-29,31-32,68-71H2,1-9H3,(H,73,92)(H,74,87)(H,75,101)(H,76,96)(H,77,93)(H,78,98)(H,79,99)(H,80,91)(H,81,94)(H,82,97)(H,83,90)(H,84,95)(H,85,100)(H,88,89)(H,102,103)/t35-,36-,37+,38-,43-,44+,45-,46+,47-,48+,49-,52+,53-,54+/m0/s1. The molecule has 1 heterocycles. The lowest BCUT2D eigenvalue weighted by atomic mass is 9.96. The Hall–Kier alpha value is -10.2. The Kier molecular flexibility index (Phi) is 36.8. The molecule has 14 atom stereocenters. The van der Waals surface area contributed by atoms with Gasteiger partial charge in [0, 0.05) is 36.4 Å². The fraction of sp³-hybridized carbons (Fsp3) is 0.567. The van der Waals surface area contributed by atoms with Gasteiger partial charge in [-0.1, -0.05) is 96.5 Å². The van der Waals surface area contributed by atoms with Gasteiger partial charge in [0.1, 0.15) is 72.5 Å². The number of H-pyrrole nitrogens is 1. The molecule has 2 aromatic carbocycles. The number of benzene rings is 2. The van der Waals surface area contributed by atoms with Crippen molar-refractivity contribution in [2.24, 2.45) is 40.7 Å². The third-order valence-electron chi connectivity index (χ3n) is 16.6. The average molecular weight is 1450 g/mol. The average Bonchev–Trinajstić information content (AvgIpc) is 1.74. The molecule has 25 N–H and O–H groups in total. The molecule has 0 saturated heterocycles. The van der Waals surface area contributed by atoms with Crippen molar-refractivity contribution in [2.45, 2.75) is 192 Å².